The molecule has 0 amide bonds. The van der Waals surface area contributed by atoms with Crippen LogP contribution in [0.1, 0.15) is 26.2 Å². The number of rotatable bonds is 7. The Labute approximate surface area is 125 Å². The van der Waals surface area contributed by atoms with E-state index >= 15 is 0 Å². The molecule has 1 atom stereocenters. The molecule has 0 bridgehead atoms. The Morgan fingerprint density at radius 1 is 1.43 bits per heavy atom. The maximum atomic E-state index is 5.50. The second-order valence-corrected chi connectivity index (χ2v) is 5.20. The van der Waals surface area contributed by atoms with Crippen LogP contribution in [-0.4, -0.2) is 48.4 Å². The van der Waals surface area contributed by atoms with Gasteiger partial charge < -0.3 is 14.4 Å². The fourth-order valence-electron chi connectivity index (χ4n) is 2.26. The van der Waals surface area contributed by atoms with Gasteiger partial charge in [-0.15, -0.1) is 0 Å². The summed E-state index contributed by atoms with van der Waals surface area (Å²) in [6, 6.07) is 0.293. The van der Waals surface area contributed by atoms with Crippen LogP contribution in [0.2, 0.25) is 0 Å². The number of nitrogens with zero attached hydrogens (tertiary/aromatic N) is 4. The van der Waals surface area contributed by atoms with Gasteiger partial charge in [0.1, 0.15) is 0 Å². The van der Waals surface area contributed by atoms with Gasteiger partial charge in [0.2, 0.25) is 11.9 Å². The number of anilines is 2. The fraction of sp³-hybridized carbons (Fsp3) is 0.769. The van der Waals surface area contributed by atoms with Crippen LogP contribution >= 0.6 is 0 Å². The lowest BCUT2D eigenvalue weighted by atomic mass is 10.0. The summed E-state index contributed by atoms with van der Waals surface area (Å²) in [5.41, 5.74) is 2.45. The Bertz CT molecular complexity index is 439. The van der Waals surface area contributed by atoms with Crippen LogP contribution in [0.5, 0.6) is 6.01 Å². The SMILES string of the molecule is CCCOc1nc(NN)nc(N(C)CC2CCCOC2)n1. The van der Waals surface area contributed by atoms with Crippen LogP contribution in [-0.2, 0) is 4.74 Å². The molecule has 118 valence electrons. The van der Waals surface area contributed by atoms with Crippen molar-refractivity contribution >= 4 is 11.9 Å². The Morgan fingerprint density at radius 3 is 2.95 bits per heavy atom. The van der Waals surface area contributed by atoms with Crippen molar-refractivity contribution in [1.82, 2.24) is 15.0 Å². The largest absolute Gasteiger partial charge is 0.463 e. The molecular weight excluding hydrogens is 272 g/mol. The maximum absolute atomic E-state index is 5.50. The van der Waals surface area contributed by atoms with Crippen molar-refractivity contribution in [2.75, 3.05) is 43.7 Å². The zero-order chi connectivity index (χ0) is 15.1. The van der Waals surface area contributed by atoms with Gasteiger partial charge in [0.25, 0.3) is 0 Å². The third-order valence-electron chi connectivity index (χ3n) is 3.30. The van der Waals surface area contributed by atoms with E-state index in [0.29, 0.717) is 30.4 Å². The molecule has 1 aromatic rings. The summed E-state index contributed by atoms with van der Waals surface area (Å²) in [5.74, 6) is 6.75. The summed E-state index contributed by atoms with van der Waals surface area (Å²) < 4.78 is 11.0. The van der Waals surface area contributed by atoms with E-state index in [1.165, 1.54) is 0 Å². The van der Waals surface area contributed by atoms with Gasteiger partial charge in [0.05, 0.1) is 13.2 Å². The molecule has 1 saturated heterocycles. The molecule has 2 rings (SSSR count). The number of nitrogens with two attached hydrogens (primary N) is 1. The van der Waals surface area contributed by atoms with Crippen molar-refractivity contribution in [3.8, 4) is 6.01 Å². The number of hydrogen-bond donors (Lipinski definition) is 2. The minimum absolute atomic E-state index is 0.293. The summed E-state index contributed by atoms with van der Waals surface area (Å²) in [5, 5.41) is 0. The molecule has 2 heterocycles. The standard InChI is InChI=1S/C13H24N6O2/c1-3-6-21-13-16-11(18-14)15-12(17-13)19(2)8-10-5-4-7-20-9-10/h10H,3-9,14H2,1-2H3,(H,15,16,17,18). The molecule has 0 saturated carbocycles. The molecule has 3 N–H and O–H groups in total. The van der Waals surface area contributed by atoms with Crippen molar-refractivity contribution in [3.05, 3.63) is 0 Å². The zero-order valence-corrected chi connectivity index (χ0v) is 12.7. The molecule has 1 aromatic heterocycles. The number of nitrogen functional groups attached to an aromatic ring is 1. The molecular formula is C13H24N6O2. The van der Waals surface area contributed by atoms with Gasteiger partial charge in [-0.3, -0.25) is 5.43 Å². The third-order valence-corrected chi connectivity index (χ3v) is 3.30. The first-order valence-corrected chi connectivity index (χ1v) is 7.37. The molecule has 21 heavy (non-hydrogen) atoms. The van der Waals surface area contributed by atoms with Crippen LogP contribution in [0, 0.1) is 5.92 Å². The molecule has 1 unspecified atom stereocenters. The van der Waals surface area contributed by atoms with Gasteiger partial charge in [-0.25, -0.2) is 5.84 Å². The van der Waals surface area contributed by atoms with Crippen molar-refractivity contribution < 1.29 is 9.47 Å². The first-order valence-electron chi connectivity index (χ1n) is 7.37. The highest BCUT2D eigenvalue weighted by atomic mass is 16.5. The van der Waals surface area contributed by atoms with Crippen LogP contribution in [0.3, 0.4) is 0 Å². The molecule has 1 aliphatic heterocycles. The summed E-state index contributed by atoms with van der Waals surface area (Å²) in [6.45, 7) is 5.08. The summed E-state index contributed by atoms with van der Waals surface area (Å²) >= 11 is 0. The highest BCUT2D eigenvalue weighted by molar-refractivity contribution is 5.37. The monoisotopic (exact) mass is 296 g/mol. The van der Waals surface area contributed by atoms with Gasteiger partial charge in [-0.2, -0.15) is 15.0 Å². The van der Waals surface area contributed by atoms with Crippen molar-refractivity contribution in [2.24, 2.45) is 11.8 Å². The van der Waals surface area contributed by atoms with E-state index < -0.39 is 0 Å². The van der Waals surface area contributed by atoms with Crippen LogP contribution < -0.4 is 20.9 Å². The smallest absolute Gasteiger partial charge is 0.323 e. The minimum atomic E-state index is 0.293. The van der Waals surface area contributed by atoms with E-state index in [4.69, 9.17) is 15.3 Å². The Balaban J connectivity index is 2.05. The second kappa shape index (κ2) is 7.94. The second-order valence-electron chi connectivity index (χ2n) is 5.20. The number of aromatic nitrogens is 3. The topological polar surface area (TPSA) is 98.4 Å². The Kier molecular flexibility index (Phi) is 5.94. The highest BCUT2D eigenvalue weighted by Crippen LogP contribution is 2.18. The quantitative estimate of drug-likeness (QED) is 0.563. The van der Waals surface area contributed by atoms with Gasteiger partial charge in [-0.1, -0.05) is 6.92 Å². The molecule has 0 aliphatic carbocycles. The number of ether oxygens (including phenoxy) is 2. The van der Waals surface area contributed by atoms with Gasteiger partial charge in [0, 0.05) is 20.2 Å². The van der Waals surface area contributed by atoms with E-state index in [-0.39, 0.29) is 0 Å². The average molecular weight is 296 g/mol. The van der Waals surface area contributed by atoms with Crippen LogP contribution in [0.4, 0.5) is 11.9 Å². The van der Waals surface area contributed by atoms with E-state index in [1.807, 2.05) is 18.9 Å². The van der Waals surface area contributed by atoms with Gasteiger partial charge in [-0.05, 0) is 25.2 Å². The zero-order valence-electron chi connectivity index (χ0n) is 12.7. The Morgan fingerprint density at radius 2 is 2.29 bits per heavy atom. The van der Waals surface area contributed by atoms with E-state index in [9.17, 15) is 0 Å². The molecule has 0 spiro atoms. The molecule has 0 aromatic carbocycles. The van der Waals surface area contributed by atoms with Gasteiger partial charge in [0.15, 0.2) is 0 Å². The van der Waals surface area contributed by atoms with E-state index in [0.717, 1.165) is 39.0 Å². The van der Waals surface area contributed by atoms with Crippen LogP contribution in [0.25, 0.3) is 0 Å². The minimum Gasteiger partial charge on any atom is -0.463 e. The normalized spacial score (nSPS) is 18.3. The van der Waals surface area contributed by atoms with Crippen molar-refractivity contribution in [2.45, 2.75) is 26.2 Å². The molecule has 8 nitrogen and oxygen atoms in total. The predicted molar refractivity (Wildman–Crippen MR) is 80.2 cm³/mol. The van der Waals surface area contributed by atoms with Crippen molar-refractivity contribution in [3.63, 3.8) is 0 Å². The van der Waals surface area contributed by atoms with E-state index in [2.05, 4.69) is 20.4 Å². The summed E-state index contributed by atoms with van der Waals surface area (Å²) in [6.07, 6.45) is 3.16. The number of hydrazine groups is 1. The van der Waals surface area contributed by atoms with Crippen molar-refractivity contribution in [1.29, 1.82) is 0 Å². The summed E-state index contributed by atoms with van der Waals surface area (Å²) in [7, 11) is 1.95. The molecule has 1 fully saturated rings. The van der Waals surface area contributed by atoms with Gasteiger partial charge >= 0.3 is 6.01 Å². The van der Waals surface area contributed by atoms with E-state index in [1.54, 1.807) is 0 Å². The lowest BCUT2D eigenvalue weighted by molar-refractivity contribution is 0.0575. The lowest BCUT2D eigenvalue weighted by Crippen LogP contribution is -2.32. The first-order chi connectivity index (χ1) is 10.2. The van der Waals surface area contributed by atoms with Crippen LogP contribution in [0.15, 0.2) is 0 Å². The maximum Gasteiger partial charge on any atom is 0.323 e. The molecule has 1 aliphatic rings. The third kappa shape index (κ3) is 4.68. The highest BCUT2D eigenvalue weighted by Gasteiger charge is 2.18. The number of hydrogen-bond acceptors (Lipinski definition) is 8. The molecule has 8 heteroatoms. The average Bonchev–Trinajstić information content (AvgIpc) is 2.53. The fourth-order valence-corrected chi connectivity index (χ4v) is 2.26. The lowest BCUT2D eigenvalue weighted by Gasteiger charge is -2.27. The predicted octanol–water partition coefficient (Wildman–Crippen LogP) is 0.809. The first kappa shape index (κ1) is 15.7. The Hall–Kier alpha value is -1.67. The molecule has 0 radical (unpaired) electrons. The summed E-state index contributed by atoms with van der Waals surface area (Å²) in [4.78, 5) is 14.7. The number of nitrogens with one attached hydrogen (secondary N) is 1.